The van der Waals surface area contributed by atoms with Crippen molar-refractivity contribution >= 4 is 23.3 Å². The third-order valence-electron chi connectivity index (χ3n) is 6.29. The van der Waals surface area contributed by atoms with Crippen LogP contribution in [0, 0.1) is 0 Å². The van der Waals surface area contributed by atoms with Crippen LogP contribution in [0.15, 0.2) is 42.7 Å². The predicted octanol–water partition coefficient (Wildman–Crippen LogP) is 4.31. The smallest absolute Gasteiger partial charge is 0.305 e. The summed E-state index contributed by atoms with van der Waals surface area (Å²) in [6.45, 7) is 0.699. The van der Waals surface area contributed by atoms with Crippen LogP contribution in [-0.4, -0.2) is 39.2 Å². The van der Waals surface area contributed by atoms with Gasteiger partial charge in [0.05, 0.1) is 24.9 Å². The van der Waals surface area contributed by atoms with Crippen LogP contribution in [0.1, 0.15) is 74.5 Å². The fourth-order valence-corrected chi connectivity index (χ4v) is 5.14. The first-order chi connectivity index (χ1) is 14.7. The second kappa shape index (κ2) is 9.60. The average molecular weight is 427 g/mol. The summed E-state index contributed by atoms with van der Waals surface area (Å²) < 4.78 is 7.27. The van der Waals surface area contributed by atoms with E-state index in [1.165, 1.54) is 44.9 Å². The molecule has 7 heteroatoms. The normalized spacial score (nSPS) is 22.2. The first-order valence-electron chi connectivity index (χ1n) is 10.9. The molecule has 0 spiro atoms. The molecule has 0 bridgehead atoms. The highest BCUT2D eigenvalue weighted by Gasteiger charge is 2.41. The molecular weight excluding hydrogens is 396 g/mol. The number of carbonyl (C=O) groups excluding carboxylic acids is 1. The zero-order valence-corrected chi connectivity index (χ0v) is 18.3. The molecule has 1 N–H and O–H groups in total. The van der Waals surface area contributed by atoms with Gasteiger partial charge in [0.25, 0.3) is 0 Å². The van der Waals surface area contributed by atoms with Gasteiger partial charge in [-0.15, -0.1) is 0 Å². The lowest BCUT2D eigenvalue weighted by atomic mass is 9.94. The van der Waals surface area contributed by atoms with E-state index in [-0.39, 0.29) is 18.1 Å². The average Bonchev–Trinajstić information content (AvgIpc) is 3.39. The first kappa shape index (κ1) is 20.8. The van der Waals surface area contributed by atoms with E-state index in [1.54, 1.807) is 0 Å². The molecule has 1 aliphatic carbocycles. The molecule has 0 radical (unpaired) electrons. The van der Waals surface area contributed by atoms with E-state index in [0.717, 1.165) is 10.8 Å². The van der Waals surface area contributed by atoms with Crippen LogP contribution < -0.4 is 5.32 Å². The van der Waals surface area contributed by atoms with Crippen molar-refractivity contribution in [1.82, 2.24) is 19.8 Å². The minimum Gasteiger partial charge on any atom is -0.469 e. The summed E-state index contributed by atoms with van der Waals surface area (Å²) in [5.41, 5.74) is 2.25. The van der Waals surface area contributed by atoms with Crippen LogP contribution in [0.3, 0.4) is 0 Å². The number of hydrogen-bond acceptors (Lipinski definition) is 4. The molecule has 1 saturated heterocycles. The van der Waals surface area contributed by atoms with Crippen molar-refractivity contribution in [3.05, 3.63) is 54.1 Å². The quantitative estimate of drug-likeness (QED) is 0.526. The fourth-order valence-electron chi connectivity index (χ4n) is 4.81. The van der Waals surface area contributed by atoms with Crippen molar-refractivity contribution in [3.63, 3.8) is 0 Å². The molecule has 1 saturated carbocycles. The Labute approximate surface area is 183 Å². The van der Waals surface area contributed by atoms with E-state index in [0.29, 0.717) is 25.4 Å². The molecule has 2 aromatic heterocycles. The Morgan fingerprint density at radius 2 is 2.07 bits per heavy atom. The molecule has 2 fully saturated rings. The van der Waals surface area contributed by atoms with Gasteiger partial charge in [0, 0.05) is 37.1 Å². The Morgan fingerprint density at radius 1 is 1.23 bits per heavy atom. The number of hydrogen-bond donors (Lipinski definition) is 1. The number of esters is 1. The van der Waals surface area contributed by atoms with Crippen LogP contribution >= 0.6 is 12.2 Å². The third-order valence-corrected chi connectivity index (χ3v) is 6.64. The standard InChI is InChI=1S/C23H30N4O2S/c1-29-20(28)13-8-16-27-22(21(25-23(27)30)18-11-5-6-14-24-18)19-12-7-15-26(19)17-9-3-2-4-10-17/h5-7,11-12,14-15,17,21-22H,2-4,8-10,13,16H2,1H3,(H,25,30)/t21-,22-/m0/s1. The lowest BCUT2D eigenvalue weighted by Gasteiger charge is -2.32. The van der Waals surface area contributed by atoms with Gasteiger partial charge in [-0.1, -0.05) is 25.3 Å². The van der Waals surface area contributed by atoms with Crippen molar-refractivity contribution < 1.29 is 9.53 Å². The van der Waals surface area contributed by atoms with Gasteiger partial charge in [-0.25, -0.2) is 0 Å². The second-order valence-electron chi connectivity index (χ2n) is 8.13. The molecule has 6 nitrogen and oxygen atoms in total. The van der Waals surface area contributed by atoms with Gasteiger partial charge in [-0.2, -0.15) is 0 Å². The maximum Gasteiger partial charge on any atom is 0.305 e. The van der Waals surface area contributed by atoms with E-state index in [1.807, 2.05) is 18.3 Å². The van der Waals surface area contributed by atoms with Crippen LogP contribution in [0.5, 0.6) is 0 Å². The van der Waals surface area contributed by atoms with E-state index in [9.17, 15) is 4.79 Å². The number of ether oxygens (including phenoxy) is 1. The van der Waals surface area contributed by atoms with E-state index in [2.05, 4.69) is 44.2 Å². The summed E-state index contributed by atoms with van der Waals surface area (Å²) >= 11 is 5.74. The van der Waals surface area contributed by atoms with Crippen molar-refractivity contribution in [2.45, 2.75) is 63.1 Å². The molecule has 3 heterocycles. The minimum absolute atomic E-state index is 0.0194. The van der Waals surface area contributed by atoms with E-state index >= 15 is 0 Å². The molecule has 2 aliphatic rings. The zero-order valence-electron chi connectivity index (χ0n) is 17.5. The Hall–Kier alpha value is -2.41. The highest BCUT2D eigenvalue weighted by Crippen LogP contribution is 2.41. The maximum absolute atomic E-state index is 11.6. The van der Waals surface area contributed by atoms with Crippen LogP contribution in [0.25, 0.3) is 0 Å². The van der Waals surface area contributed by atoms with E-state index in [4.69, 9.17) is 17.0 Å². The largest absolute Gasteiger partial charge is 0.469 e. The summed E-state index contributed by atoms with van der Waals surface area (Å²) in [6.07, 6.45) is 11.5. The maximum atomic E-state index is 11.6. The Bertz CT molecular complexity index is 863. The van der Waals surface area contributed by atoms with Gasteiger partial charge in [-0.3, -0.25) is 9.78 Å². The molecule has 0 unspecified atom stereocenters. The molecule has 0 amide bonds. The van der Waals surface area contributed by atoms with Crippen molar-refractivity contribution in [2.24, 2.45) is 0 Å². The van der Waals surface area contributed by atoms with Crippen molar-refractivity contribution in [2.75, 3.05) is 13.7 Å². The molecule has 4 rings (SSSR count). The number of methoxy groups -OCH3 is 1. The SMILES string of the molecule is COC(=O)CCCN1C(=S)N[C@@H](c2ccccn2)[C@@H]1c1cccn1C1CCCCC1. The number of rotatable bonds is 7. The molecular formula is C23H30N4O2S. The number of carbonyl (C=O) groups is 1. The summed E-state index contributed by atoms with van der Waals surface area (Å²) in [7, 11) is 1.43. The van der Waals surface area contributed by atoms with Crippen LogP contribution in [0.4, 0.5) is 0 Å². The van der Waals surface area contributed by atoms with Crippen LogP contribution in [0.2, 0.25) is 0 Å². The lowest BCUT2D eigenvalue weighted by Crippen LogP contribution is -2.32. The monoisotopic (exact) mass is 426 g/mol. The predicted molar refractivity (Wildman–Crippen MR) is 120 cm³/mol. The summed E-state index contributed by atoms with van der Waals surface area (Å²) in [5, 5.41) is 4.23. The molecule has 1 aliphatic heterocycles. The summed E-state index contributed by atoms with van der Waals surface area (Å²) in [5.74, 6) is -0.184. The summed E-state index contributed by atoms with van der Waals surface area (Å²) in [4.78, 5) is 18.5. The Balaban J connectivity index is 1.64. The number of nitrogens with one attached hydrogen (secondary N) is 1. The van der Waals surface area contributed by atoms with Gasteiger partial charge >= 0.3 is 5.97 Å². The molecule has 0 aromatic carbocycles. The first-order valence-corrected chi connectivity index (χ1v) is 11.3. The number of pyridine rings is 1. The molecule has 160 valence electrons. The lowest BCUT2D eigenvalue weighted by molar-refractivity contribution is -0.140. The minimum atomic E-state index is -0.184. The molecule has 30 heavy (non-hydrogen) atoms. The van der Waals surface area contributed by atoms with Gasteiger partial charge in [-0.05, 0) is 55.7 Å². The van der Waals surface area contributed by atoms with Crippen molar-refractivity contribution in [3.8, 4) is 0 Å². The Kier molecular flexibility index (Phi) is 6.67. The summed E-state index contributed by atoms with van der Waals surface area (Å²) in [6, 6.07) is 10.9. The highest BCUT2D eigenvalue weighted by molar-refractivity contribution is 7.80. The highest BCUT2D eigenvalue weighted by atomic mass is 32.1. The number of aromatic nitrogens is 2. The topological polar surface area (TPSA) is 59.4 Å². The number of thiocarbonyl (C=S) groups is 1. The van der Waals surface area contributed by atoms with Crippen molar-refractivity contribution in [1.29, 1.82) is 0 Å². The Morgan fingerprint density at radius 3 is 2.80 bits per heavy atom. The number of nitrogens with zero attached hydrogens (tertiary/aromatic N) is 3. The molecule has 2 aromatic rings. The van der Waals surface area contributed by atoms with Crippen LogP contribution in [-0.2, 0) is 9.53 Å². The van der Waals surface area contributed by atoms with E-state index < -0.39 is 0 Å². The fraction of sp³-hybridized carbons (Fsp3) is 0.522. The second-order valence-corrected chi connectivity index (χ2v) is 8.52. The molecule has 2 atom stereocenters. The zero-order chi connectivity index (χ0) is 20.9. The van der Waals surface area contributed by atoms with Gasteiger partial charge in [0.2, 0.25) is 0 Å². The van der Waals surface area contributed by atoms with Gasteiger partial charge in [0.1, 0.15) is 0 Å². The van der Waals surface area contributed by atoms with Gasteiger partial charge in [0.15, 0.2) is 5.11 Å². The van der Waals surface area contributed by atoms with Gasteiger partial charge < -0.3 is 19.5 Å². The third kappa shape index (κ3) is 4.36.